The van der Waals surface area contributed by atoms with E-state index < -0.39 is 18.0 Å². The molecular weight excluding hydrogens is 248 g/mol. The zero-order chi connectivity index (χ0) is 13.9. The summed E-state index contributed by atoms with van der Waals surface area (Å²) in [5.74, 6) is 0.706. The molecule has 5 nitrogen and oxygen atoms in total. The Morgan fingerprint density at radius 2 is 1.84 bits per heavy atom. The van der Waals surface area contributed by atoms with Gasteiger partial charge in [-0.1, -0.05) is 0 Å². The smallest absolute Gasteiger partial charge is 0.164 e. The fourth-order valence-electron chi connectivity index (χ4n) is 1.96. The molecule has 1 fully saturated rings. The van der Waals surface area contributed by atoms with Gasteiger partial charge in [-0.2, -0.15) is 0 Å². The highest BCUT2D eigenvalue weighted by molar-refractivity contribution is 5.57. The maximum atomic E-state index is 10.9. The van der Waals surface area contributed by atoms with E-state index in [0.717, 1.165) is 12.0 Å². The molecule has 0 aromatic heterocycles. The van der Waals surface area contributed by atoms with Crippen LogP contribution >= 0.6 is 0 Å². The van der Waals surface area contributed by atoms with E-state index in [-0.39, 0.29) is 6.61 Å². The SMILES string of the molecule is COc1ccc(OC[C@H]2OC(C)(C)O[C@H]2C=O)cc1. The van der Waals surface area contributed by atoms with Gasteiger partial charge < -0.3 is 23.7 Å². The van der Waals surface area contributed by atoms with Gasteiger partial charge in [-0.05, 0) is 38.1 Å². The minimum Gasteiger partial charge on any atom is -0.497 e. The van der Waals surface area contributed by atoms with E-state index in [2.05, 4.69) is 0 Å². The van der Waals surface area contributed by atoms with E-state index >= 15 is 0 Å². The number of methoxy groups -OCH3 is 1. The monoisotopic (exact) mass is 266 g/mol. The quantitative estimate of drug-likeness (QED) is 0.761. The predicted molar refractivity (Wildman–Crippen MR) is 68.4 cm³/mol. The zero-order valence-electron chi connectivity index (χ0n) is 11.3. The van der Waals surface area contributed by atoms with Crippen LogP contribution in [-0.4, -0.2) is 38.0 Å². The fraction of sp³-hybridized carbons (Fsp3) is 0.500. The maximum absolute atomic E-state index is 10.9. The molecule has 104 valence electrons. The molecule has 0 radical (unpaired) electrons. The summed E-state index contributed by atoms with van der Waals surface area (Å²) < 4.78 is 21.7. The molecule has 19 heavy (non-hydrogen) atoms. The fourth-order valence-corrected chi connectivity index (χ4v) is 1.96. The lowest BCUT2D eigenvalue weighted by atomic mass is 10.2. The first kappa shape index (κ1) is 13.8. The number of ether oxygens (including phenoxy) is 4. The number of carbonyl (C=O) groups excluding carboxylic acids is 1. The number of benzene rings is 1. The molecule has 0 amide bonds. The highest BCUT2D eigenvalue weighted by Crippen LogP contribution is 2.28. The third kappa shape index (κ3) is 3.45. The van der Waals surface area contributed by atoms with Crippen LogP contribution in [0.4, 0.5) is 0 Å². The largest absolute Gasteiger partial charge is 0.497 e. The molecule has 1 aromatic rings. The van der Waals surface area contributed by atoms with Gasteiger partial charge in [0.1, 0.15) is 30.3 Å². The van der Waals surface area contributed by atoms with Crippen molar-refractivity contribution in [3.8, 4) is 11.5 Å². The lowest BCUT2D eigenvalue weighted by Gasteiger charge is -2.17. The molecule has 0 aliphatic carbocycles. The van der Waals surface area contributed by atoms with Crippen LogP contribution in [-0.2, 0) is 14.3 Å². The number of rotatable bonds is 5. The van der Waals surface area contributed by atoms with Gasteiger partial charge in [0, 0.05) is 0 Å². The first-order valence-electron chi connectivity index (χ1n) is 6.12. The van der Waals surface area contributed by atoms with E-state index in [0.29, 0.717) is 5.75 Å². The summed E-state index contributed by atoms with van der Waals surface area (Å²) in [6.07, 6.45) is -0.237. The lowest BCUT2D eigenvalue weighted by Crippen LogP contribution is -2.30. The molecule has 5 heteroatoms. The minimum atomic E-state index is -0.750. The molecule has 0 unspecified atom stereocenters. The van der Waals surface area contributed by atoms with Gasteiger partial charge in [0.25, 0.3) is 0 Å². The van der Waals surface area contributed by atoms with Crippen molar-refractivity contribution in [2.75, 3.05) is 13.7 Å². The molecule has 1 aliphatic heterocycles. The van der Waals surface area contributed by atoms with Gasteiger partial charge in [-0.15, -0.1) is 0 Å². The number of aldehydes is 1. The van der Waals surface area contributed by atoms with Crippen molar-refractivity contribution in [1.29, 1.82) is 0 Å². The van der Waals surface area contributed by atoms with E-state index in [9.17, 15) is 4.79 Å². The topological polar surface area (TPSA) is 54.0 Å². The number of hydrogen-bond acceptors (Lipinski definition) is 5. The van der Waals surface area contributed by atoms with Crippen LogP contribution in [0.15, 0.2) is 24.3 Å². The first-order valence-corrected chi connectivity index (χ1v) is 6.12. The second-order valence-corrected chi connectivity index (χ2v) is 4.76. The van der Waals surface area contributed by atoms with E-state index in [1.165, 1.54) is 0 Å². The summed E-state index contributed by atoms with van der Waals surface area (Å²) in [6, 6.07) is 7.22. The van der Waals surface area contributed by atoms with Crippen molar-refractivity contribution in [2.24, 2.45) is 0 Å². The highest BCUT2D eigenvalue weighted by atomic mass is 16.8. The molecule has 2 atom stereocenters. The third-order valence-electron chi connectivity index (χ3n) is 2.83. The summed E-state index contributed by atoms with van der Waals surface area (Å²) in [4.78, 5) is 10.9. The molecule has 1 heterocycles. The van der Waals surface area contributed by atoms with Crippen molar-refractivity contribution in [3.05, 3.63) is 24.3 Å². The first-order chi connectivity index (χ1) is 9.04. The van der Waals surface area contributed by atoms with Crippen LogP contribution in [0.1, 0.15) is 13.8 Å². The summed E-state index contributed by atoms with van der Waals surface area (Å²) in [5, 5.41) is 0. The standard InChI is InChI=1S/C14H18O5/c1-14(2)18-12(8-15)13(19-14)9-17-11-6-4-10(16-3)5-7-11/h4-8,12-13H,9H2,1-3H3/t12-,13+/m0/s1. The van der Waals surface area contributed by atoms with Crippen molar-refractivity contribution in [3.63, 3.8) is 0 Å². The van der Waals surface area contributed by atoms with Crippen LogP contribution < -0.4 is 9.47 Å². The lowest BCUT2D eigenvalue weighted by molar-refractivity contribution is -0.151. The van der Waals surface area contributed by atoms with E-state index in [1.807, 2.05) is 12.1 Å². The van der Waals surface area contributed by atoms with Gasteiger partial charge in [-0.25, -0.2) is 0 Å². The molecule has 1 aromatic carbocycles. The van der Waals surface area contributed by atoms with Gasteiger partial charge in [0.2, 0.25) is 0 Å². The van der Waals surface area contributed by atoms with Gasteiger partial charge in [0.15, 0.2) is 12.1 Å². The molecule has 1 aliphatic rings. The molecule has 0 bridgehead atoms. The van der Waals surface area contributed by atoms with Crippen molar-refractivity contribution in [2.45, 2.75) is 31.8 Å². The second-order valence-electron chi connectivity index (χ2n) is 4.76. The molecule has 0 saturated carbocycles. The predicted octanol–water partition coefficient (Wildman–Crippen LogP) is 1.79. The minimum absolute atomic E-state index is 0.263. The molecular formula is C14H18O5. The zero-order valence-corrected chi connectivity index (χ0v) is 11.3. The van der Waals surface area contributed by atoms with Crippen LogP contribution in [0.2, 0.25) is 0 Å². The number of hydrogen-bond donors (Lipinski definition) is 0. The molecule has 0 spiro atoms. The average Bonchev–Trinajstić information content (AvgIpc) is 2.71. The Labute approximate surface area is 112 Å². The number of carbonyl (C=O) groups is 1. The summed E-state index contributed by atoms with van der Waals surface area (Å²) in [7, 11) is 1.61. The van der Waals surface area contributed by atoms with E-state index in [1.54, 1.807) is 33.1 Å². The van der Waals surface area contributed by atoms with Gasteiger partial charge >= 0.3 is 0 Å². The van der Waals surface area contributed by atoms with Crippen LogP contribution in [0.5, 0.6) is 11.5 Å². The normalized spacial score (nSPS) is 25.0. The third-order valence-corrected chi connectivity index (χ3v) is 2.83. The average molecular weight is 266 g/mol. The Bertz CT molecular complexity index is 426. The molecule has 2 rings (SSSR count). The molecule has 0 N–H and O–H groups in total. The highest BCUT2D eigenvalue weighted by Gasteiger charge is 2.41. The van der Waals surface area contributed by atoms with Crippen molar-refractivity contribution >= 4 is 6.29 Å². The van der Waals surface area contributed by atoms with Crippen LogP contribution in [0, 0.1) is 0 Å². The van der Waals surface area contributed by atoms with Crippen molar-refractivity contribution < 1.29 is 23.7 Å². The van der Waals surface area contributed by atoms with Gasteiger partial charge in [-0.3, -0.25) is 0 Å². The Morgan fingerprint density at radius 1 is 1.21 bits per heavy atom. The van der Waals surface area contributed by atoms with Gasteiger partial charge in [0.05, 0.1) is 7.11 Å². The molecule has 1 saturated heterocycles. The Morgan fingerprint density at radius 3 is 2.42 bits per heavy atom. The summed E-state index contributed by atoms with van der Waals surface area (Å²) in [5.41, 5.74) is 0. The Balaban J connectivity index is 1.92. The van der Waals surface area contributed by atoms with Crippen LogP contribution in [0.3, 0.4) is 0 Å². The summed E-state index contributed by atoms with van der Waals surface area (Å²) in [6.45, 7) is 3.81. The van der Waals surface area contributed by atoms with Crippen molar-refractivity contribution in [1.82, 2.24) is 0 Å². The maximum Gasteiger partial charge on any atom is 0.164 e. The Kier molecular flexibility index (Phi) is 4.07. The van der Waals surface area contributed by atoms with Crippen LogP contribution in [0.25, 0.3) is 0 Å². The summed E-state index contributed by atoms with van der Waals surface area (Å²) >= 11 is 0. The Hall–Kier alpha value is -1.59. The van der Waals surface area contributed by atoms with E-state index in [4.69, 9.17) is 18.9 Å². The second kappa shape index (κ2) is 5.59.